The van der Waals surface area contributed by atoms with Gasteiger partial charge in [-0.25, -0.2) is 13.6 Å². The second-order valence-electron chi connectivity index (χ2n) is 8.99. The van der Waals surface area contributed by atoms with Gasteiger partial charge in [0.05, 0.1) is 37.4 Å². The number of urea groups is 1. The van der Waals surface area contributed by atoms with Gasteiger partial charge in [-0.3, -0.25) is 9.89 Å². The number of halogens is 5. The Hall–Kier alpha value is -5.34. The second kappa shape index (κ2) is 13.1. The Morgan fingerprint density at radius 3 is 2.40 bits per heavy atom. The van der Waals surface area contributed by atoms with Crippen LogP contribution in [-0.2, 0) is 19.3 Å². The molecule has 4 rings (SSSR count). The molecule has 0 aliphatic rings. The average Bonchev–Trinajstić information content (AvgIpc) is 3.43. The van der Waals surface area contributed by atoms with E-state index >= 15 is 0 Å². The molecule has 0 atom stereocenters. The first kappa shape index (κ1) is 30.6. The largest absolute Gasteiger partial charge is 0.497 e. The van der Waals surface area contributed by atoms with Crippen molar-refractivity contribution in [3.63, 3.8) is 0 Å². The predicted molar refractivity (Wildman–Crippen MR) is 147 cm³/mol. The predicted octanol–water partition coefficient (Wildman–Crippen LogP) is 5.91. The second-order valence-corrected chi connectivity index (χ2v) is 8.99. The first-order valence-corrected chi connectivity index (χ1v) is 12.5. The smallest absolute Gasteiger partial charge is 0.416 e. The van der Waals surface area contributed by atoms with Gasteiger partial charge >= 0.3 is 12.2 Å². The number of hydrogen-bond acceptors (Lipinski definition) is 6. The van der Waals surface area contributed by atoms with Crippen molar-refractivity contribution < 1.29 is 41.0 Å². The molecule has 226 valence electrons. The lowest BCUT2D eigenvalue weighted by Gasteiger charge is -2.13. The highest BCUT2D eigenvalue weighted by atomic mass is 19.4. The van der Waals surface area contributed by atoms with Crippen LogP contribution in [0.5, 0.6) is 11.5 Å². The van der Waals surface area contributed by atoms with E-state index in [9.17, 15) is 31.5 Å². The maximum Gasteiger partial charge on any atom is 0.416 e. The molecule has 0 saturated carbocycles. The van der Waals surface area contributed by atoms with Gasteiger partial charge in [-0.1, -0.05) is 0 Å². The highest BCUT2D eigenvalue weighted by Gasteiger charge is 2.31. The van der Waals surface area contributed by atoms with Crippen LogP contribution >= 0.6 is 0 Å². The van der Waals surface area contributed by atoms with Gasteiger partial charge < -0.3 is 30.7 Å². The van der Waals surface area contributed by atoms with Gasteiger partial charge in [-0.05, 0) is 54.1 Å². The summed E-state index contributed by atoms with van der Waals surface area (Å²) in [6.45, 7) is 0.148. The molecule has 15 heteroatoms. The number of benzene rings is 3. The lowest BCUT2D eigenvalue weighted by Crippen LogP contribution is -2.24. The van der Waals surface area contributed by atoms with E-state index in [0.717, 1.165) is 12.1 Å². The van der Waals surface area contributed by atoms with Gasteiger partial charge in [0, 0.05) is 30.4 Å². The number of carbonyl (C=O) groups excluding carboxylic acids is 2. The lowest BCUT2D eigenvalue weighted by atomic mass is 10.1. The Balaban J connectivity index is 1.37. The molecule has 0 aliphatic heterocycles. The van der Waals surface area contributed by atoms with Crippen LogP contribution in [-0.4, -0.2) is 36.4 Å². The summed E-state index contributed by atoms with van der Waals surface area (Å²) in [4.78, 5) is 25.1. The van der Waals surface area contributed by atoms with Crippen molar-refractivity contribution in [3.05, 3.63) is 94.8 Å². The van der Waals surface area contributed by atoms with Crippen LogP contribution in [0.4, 0.5) is 43.8 Å². The number of anilines is 3. The minimum Gasteiger partial charge on any atom is -0.497 e. The number of ether oxygens (including phenoxy) is 2. The van der Waals surface area contributed by atoms with E-state index in [1.165, 1.54) is 32.5 Å². The average molecular weight is 605 g/mol. The van der Waals surface area contributed by atoms with Gasteiger partial charge in [0.1, 0.15) is 28.8 Å². The topological polar surface area (TPSA) is 129 Å². The van der Waals surface area contributed by atoms with Crippen LogP contribution in [0.2, 0.25) is 0 Å². The van der Waals surface area contributed by atoms with Crippen LogP contribution in [0.1, 0.15) is 27.2 Å². The Morgan fingerprint density at radius 2 is 1.70 bits per heavy atom. The fourth-order valence-corrected chi connectivity index (χ4v) is 3.95. The third-order valence-electron chi connectivity index (χ3n) is 6.04. The lowest BCUT2D eigenvalue weighted by molar-refractivity contribution is -0.137. The van der Waals surface area contributed by atoms with Crippen molar-refractivity contribution >= 4 is 29.0 Å². The Labute approximate surface area is 241 Å². The van der Waals surface area contributed by atoms with Crippen LogP contribution in [0, 0.1) is 11.6 Å². The first-order chi connectivity index (χ1) is 20.5. The number of nitrogens with zero attached hydrogens (tertiary/aromatic N) is 1. The van der Waals surface area contributed by atoms with E-state index in [4.69, 9.17) is 9.47 Å². The van der Waals surface area contributed by atoms with E-state index in [1.807, 2.05) is 0 Å². The summed E-state index contributed by atoms with van der Waals surface area (Å²) in [5.74, 6) is -1.37. The third kappa shape index (κ3) is 7.90. The zero-order valence-electron chi connectivity index (χ0n) is 22.7. The SMILES string of the molecule is COc1ccc(CNC(=O)c2[nH]ncc2NCc2cc(F)cc(NC(=O)Nc3ccc(C(F)(F)F)cc3F)c2)c(OC)c1. The summed E-state index contributed by atoms with van der Waals surface area (Å²) in [5.41, 5.74) is -0.245. The summed E-state index contributed by atoms with van der Waals surface area (Å²) in [7, 11) is 3.02. The zero-order chi connectivity index (χ0) is 31.1. The third-order valence-corrected chi connectivity index (χ3v) is 6.04. The molecule has 3 amide bonds. The standard InChI is InChI=1S/C28H25F5N6O4/c1-42-20-5-3-16(24(11-20)43-2)13-35-26(40)25-23(14-36-39-25)34-12-15-7-18(29)10-19(8-15)37-27(41)38-22-6-4-17(9-21(22)30)28(31,32)33/h3-11,14,34H,12-13H2,1-2H3,(H,35,40)(H,36,39)(H2,37,38,41). The minimum absolute atomic E-state index is 0.00765. The molecule has 43 heavy (non-hydrogen) atoms. The molecule has 0 bridgehead atoms. The van der Waals surface area contributed by atoms with Crippen molar-refractivity contribution in [2.45, 2.75) is 19.3 Å². The van der Waals surface area contributed by atoms with E-state index in [1.54, 1.807) is 18.2 Å². The zero-order valence-corrected chi connectivity index (χ0v) is 22.7. The van der Waals surface area contributed by atoms with E-state index in [2.05, 4.69) is 31.5 Å². The maximum absolute atomic E-state index is 14.3. The van der Waals surface area contributed by atoms with Crippen molar-refractivity contribution in [1.29, 1.82) is 0 Å². The van der Waals surface area contributed by atoms with Crippen LogP contribution in [0.25, 0.3) is 0 Å². The molecule has 5 N–H and O–H groups in total. The van der Waals surface area contributed by atoms with E-state index in [0.29, 0.717) is 34.4 Å². The van der Waals surface area contributed by atoms with Crippen LogP contribution in [0.15, 0.2) is 60.8 Å². The van der Waals surface area contributed by atoms with Crippen molar-refractivity contribution in [2.75, 3.05) is 30.2 Å². The molecule has 0 unspecified atom stereocenters. The maximum atomic E-state index is 14.3. The molecule has 0 fully saturated rings. The molecule has 0 spiro atoms. The number of hydrogen-bond donors (Lipinski definition) is 5. The number of aromatic nitrogens is 2. The summed E-state index contributed by atoms with van der Waals surface area (Å²) in [5, 5.41) is 16.6. The molecule has 10 nitrogen and oxygen atoms in total. The van der Waals surface area contributed by atoms with Gasteiger partial charge in [-0.2, -0.15) is 18.3 Å². The molecule has 0 radical (unpaired) electrons. The molecular formula is C28H25F5N6O4. The molecule has 0 saturated heterocycles. The molecule has 1 aromatic heterocycles. The molecule has 3 aromatic carbocycles. The normalized spacial score (nSPS) is 11.0. The van der Waals surface area contributed by atoms with E-state index < -0.39 is 41.0 Å². The number of carbonyl (C=O) groups is 2. The fourth-order valence-electron chi connectivity index (χ4n) is 3.95. The molecular weight excluding hydrogens is 579 g/mol. The molecule has 0 aliphatic carbocycles. The molecule has 1 heterocycles. The number of aromatic amines is 1. The summed E-state index contributed by atoms with van der Waals surface area (Å²) < 4.78 is 77.1. The van der Waals surface area contributed by atoms with E-state index in [-0.39, 0.29) is 30.5 Å². The Bertz CT molecular complexity index is 1630. The summed E-state index contributed by atoms with van der Waals surface area (Å²) in [6.07, 6.45) is -3.38. The monoisotopic (exact) mass is 604 g/mol. The minimum atomic E-state index is -4.75. The number of amides is 3. The first-order valence-electron chi connectivity index (χ1n) is 12.5. The fraction of sp³-hybridized carbons (Fsp3) is 0.179. The number of methoxy groups -OCH3 is 2. The highest BCUT2D eigenvalue weighted by Crippen LogP contribution is 2.31. The number of alkyl halides is 3. The van der Waals surface area contributed by atoms with Gasteiger partial charge in [0.25, 0.3) is 5.91 Å². The Kier molecular flexibility index (Phi) is 9.33. The van der Waals surface area contributed by atoms with Gasteiger partial charge in [0.15, 0.2) is 0 Å². The number of H-pyrrole nitrogens is 1. The Morgan fingerprint density at radius 1 is 0.907 bits per heavy atom. The number of nitrogens with one attached hydrogen (secondary N) is 5. The number of rotatable bonds is 10. The van der Waals surface area contributed by atoms with Crippen LogP contribution < -0.4 is 30.7 Å². The quantitative estimate of drug-likeness (QED) is 0.143. The van der Waals surface area contributed by atoms with Gasteiger partial charge in [0.2, 0.25) is 0 Å². The highest BCUT2D eigenvalue weighted by molar-refractivity contribution is 6.00. The van der Waals surface area contributed by atoms with Crippen LogP contribution in [0.3, 0.4) is 0 Å². The van der Waals surface area contributed by atoms with Crippen molar-refractivity contribution in [2.24, 2.45) is 0 Å². The summed E-state index contributed by atoms with van der Waals surface area (Å²) in [6, 6.07) is 9.38. The molecule has 4 aromatic rings. The van der Waals surface area contributed by atoms with Crippen molar-refractivity contribution in [3.8, 4) is 11.5 Å². The van der Waals surface area contributed by atoms with Gasteiger partial charge in [-0.15, -0.1) is 0 Å². The van der Waals surface area contributed by atoms with Crippen molar-refractivity contribution in [1.82, 2.24) is 15.5 Å². The summed E-state index contributed by atoms with van der Waals surface area (Å²) >= 11 is 0.